The molecule has 0 atom stereocenters. The fourth-order valence-corrected chi connectivity index (χ4v) is 4.59. The second-order valence-electron chi connectivity index (χ2n) is 8.04. The van der Waals surface area contributed by atoms with Crippen molar-refractivity contribution >= 4 is 56.3 Å². The van der Waals surface area contributed by atoms with Crippen molar-refractivity contribution < 1.29 is 18.8 Å². The minimum Gasteiger partial charge on any atom is -0.273 e. The summed E-state index contributed by atoms with van der Waals surface area (Å²) in [6.45, 7) is 0. The molecule has 5 rings (SSSR count). The van der Waals surface area contributed by atoms with E-state index in [9.17, 15) is 18.8 Å². The molecule has 0 aromatic heterocycles. The number of nitrogens with zero attached hydrogens (tertiary/aromatic N) is 1. The molecule has 0 saturated carbocycles. The van der Waals surface area contributed by atoms with Crippen LogP contribution in [0.25, 0.3) is 16.8 Å². The predicted molar refractivity (Wildman–Crippen MR) is 136 cm³/mol. The van der Waals surface area contributed by atoms with Crippen molar-refractivity contribution in [2.45, 2.75) is 6.42 Å². The molecule has 4 amide bonds. The first-order valence-electron chi connectivity index (χ1n) is 10.8. The number of carbonyl (C=O) groups excluding carboxylic acids is 3. The molecule has 35 heavy (non-hydrogen) atoms. The number of hydrogen-bond donors (Lipinski definition) is 1. The first kappa shape index (κ1) is 22.7. The number of amides is 4. The minimum atomic E-state index is -0.992. The van der Waals surface area contributed by atoms with Crippen LogP contribution in [0.15, 0.2) is 95.0 Å². The first-order chi connectivity index (χ1) is 16.9. The average Bonchev–Trinajstić information content (AvgIpc) is 2.85. The molecule has 1 aliphatic rings. The zero-order valence-corrected chi connectivity index (χ0v) is 19.9. The smallest absolute Gasteiger partial charge is 0.273 e. The van der Waals surface area contributed by atoms with E-state index in [2.05, 4.69) is 21.2 Å². The van der Waals surface area contributed by atoms with E-state index < -0.39 is 23.7 Å². The molecule has 4 aromatic carbocycles. The summed E-state index contributed by atoms with van der Waals surface area (Å²) >= 11 is 3.58. The van der Waals surface area contributed by atoms with Crippen LogP contribution < -0.4 is 10.2 Å². The van der Waals surface area contributed by atoms with Crippen LogP contribution in [0.5, 0.6) is 0 Å². The summed E-state index contributed by atoms with van der Waals surface area (Å²) in [4.78, 5) is 39.3. The summed E-state index contributed by atoms with van der Waals surface area (Å²) in [6, 6.07) is 23.8. The number of halogens is 2. The molecule has 1 fully saturated rings. The Morgan fingerprint density at radius 2 is 1.54 bits per heavy atom. The Labute approximate surface area is 209 Å². The van der Waals surface area contributed by atoms with Gasteiger partial charge in [-0.3, -0.25) is 14.9 Å². The van der Waals surface area contributed by atoms with Gasteiger partial charge in [-0.15, -0.1) is 0 Å². The van der Waals surface area contributed by atoms with Gasteiger partial charge in [0.15, 0.2) is 0 Å². The molecule has 1 aliphatic heterocycles. The molecular weight excluding hydrogens is 511 g/mol. The molecule has 0 aliphatic carbocycles. The summed E-state index contributed by atoms with van der Waals surface area (Å²) < 4.78 is 15.4. The number of urea groups is 1. The topological polar surface area (TPSA) is 66.5 Å². The molecule has 0 radical (unpaired) electrons. The van der Waals surface area contributed by atoms with Gasteiger partial charge in [0.05, 0.1) is 5.69 Å². The van der Waals surface area contributed by atoms with E-state index in [0.717, 1.165) is 32.4 Å². The van der Waals surface area contributed by atoms with Crippen molar-refractivity contribution in [1.82, 2.24) is 5.32 Å². The van der Waals surface area contributed by atoms with Crippen LogP contribution in [0.2, 0.25) is 0 Å². The number of fused-ring (bicyclic) bond motifs is 1. The lowest BCUT2D eigenvalue weighted by molar-refractivity contribution is -0.122. The maximum absolute atomic E-state index is 14.4. The number of rotatable bonds is 4. The Morgan fingerprint density at radius 1 is 0.829 bits per heavy atom. The van der Waals surface area contributed by atoms with Crippen molar-refractivity contribution in [3.63, 3.8) is 0 Å². The van der Waals surface area contributed by atoms with Gasteiger partial charge < -0.3 is 0 Å². The fraction of sp³-hybridized carbons (Fsp3) is 0.0357. The molecule has 7 heteroatoms. The lowest BCUT2D eigenvalue weighted by Crippen LogP contribution is -2.54. The van der Waals surface area contributed by atoms with Crippen LogP contribution in [0.4, 0.5) is 14.9 Å². The largest absolute Gasteiger partial charge is 0.336 e. The molecular formula is C28H18BrFN2O3. The normalized spacial score (nSPS) is 15.1. The summed E-state index contributed by atoms with van der Waals surface area (Å²) in [5.74, 6) is -2.46. The lowest BCUT2D eigenvalue weighted by atomic mass is 9.92. The van der Waals surface area contributed by atoms with Crippen molar-refractivity contribution in [2.75, 3.05) is 4.90 Å². The summed E-state index contributed by atoms with van der Waals surface area (Å²) in [7, 11) is 0. The molecule has 0 spiro atoms. The number of imide groups is 2. The van der Waals surface area contributed by atoms with Gasteiger partial charge >= 0.3 is 6.03 Å². The second-order valence-corrected chi connectivity index (χ2v) is 8.89. The molecule has 0 unspecified atom stereocenters. The highest BCUT2D eigenvalue weighted by atomic mass is 79.9. The van der Waals surface area contributed by atoms with E-state index in [-0.39, 0.29) is 11.3 Å². The maximum atomic E-state index is 14.4. The summed E-state index contributed by atoms with van der Waals surface area (Å²) in [5.41, 5.74) is 2.13. The van der Waals surface area contributed by atoms with Gasteiger partial charge in [0.2, 0.25) is 0 Å². The third-order valence-corrected chi connectivity index (χ3v) is 6.66. The standard InChI is InChI=1S/C28H18BrFN2O3/c29-23-10-4-2-8-19(23)15-18-14-13-17-7-1-3-9-20(17)21(18)16-22-26(33)31-28(35)32(27(22)34)25-12-6-5-11-24(25)30/h1-14,16H,15H2,(H,31,33,35)/b22-16-. The number of hydrogen-bond acceptors (Lipinski definition) is 3. The highest BCUT2D eigenvalue weighted by Gasteiger charge is 2.38. The maximum Gasteiger partial charge on any atom is 0.336 e. The third kappa shape index (κ3) is 4.26. The monoisotopic (exact) mass is 528 g/mol. The molecule has 1 saturated heterocycles. The molecule has 1 heterocycles. The van der Waals surface area contributed by atoms with Crippen LogP contribution in [0.3, 0.4) is 0 Å². The Kier molecular flexibility index (Phi) is 6.01. The number of nitrogens with one attached hydrogen (secondary N) is 1. The zero-order chi connectivity index (χ0) is 24.5. The number of anilines is 1. The predicted octanol–water partition coefficient (Wildman–Crippen LogP) is 6.00. The summed E-state index contributed by atoms with van der Waals surface area (Å²) in [6.07, 6.45) is 2.03. The Morgan fingerprint density at radius 3 is 2.34 bits per heavy atom. The number of carbonyl (C=O) groups is 3. The van der Waals surface area contributed by atoms with Crippen molar-refractivity contribution in [3.8, 4) is 0 Å². The van der Waals surface area contributed by atoms with Gasteiger partial charge in [0.25, 0.3) is 11.8 Å². The van der Waals surface area contributed by atoms with E-state index >= 15 is 0 Å². The van der Waals surface area contributed by atoms with Crippen molar-refractivity contribution in [1.29, 1.82) is 0 Å². The molecule has 4 aromatic rings. The lowest BCUT2D eigenvalue weighted by Gasteiger charge is -2.26. The third-order valence-electron chi connectivity index (χ3n) is 5.88. The minimum absolute atomic E-state index is 0.222. The highest BCUT2D eigenvalue weighted by Crippen LogP contribution is 2.30. The quantitative estimate of drug-likeness (QED) is 0.261. The SMILES string of the molecule is O=C1NC(=O)N(c2ccccc2F)C(=O)/C1=C\c1c(Cc2ccccc2Br)ccc2ccccc12. The van der Waals surface area contributed by atoms with Gasteiger partial charge in [-0.25, -0.2) is 14.1 Å². The van der Waals surface area contributed by atoms with Crippen LogP contribution in [0, 0.1) is 5.82 Å². The summed E-state index contributed by atoms with van der Waals surface area (Å²) in [5, 5.41) is 3.95. The van der Waals surface area contributed by atoms with Gasteiger partial charge in [0, 0.05) is 4.47 Å². The van der Waals surface area contributed by atoms with Crippen LogP contribution in [-0.2, 0) is 16.0 Å². The molecule has 172 valence electrons. The number of para-hydroxylation sites is 1. The van der Waals surface area contributed by atoms with Gasteiger partial charge in [-0.1, -0.05) is 82.7 Å². The van der Waals surface area contributed by atoms with E-state index in [4.69, 9.17) is 0 Å². The Hall–Kier alpha value is -4.10. The van der Waals surface area contributed by atoms with Crippen LogP contribution >= 0.6 is 15.9 Å². The van der Waals surface area contributed by atoms with Gasteiger partial charge in [-0.2, -0.15) is 0 Å². The van der Waals surface area contributed by atoms with E-state index in [1.807, 2.05) is 60.7 Å². The molecule has 1 N–H and O–H groups in total. The average molecular weight is 529 g/mol. The van der Waals surface area contributed by atoms with Crippen molar-refractivity contribution in [3.05, 3.63) is 117 Å². The second kappa shape index (κ2) is 9.27. The van der Waals surface area contributed by atoms with E-state index in [1.165, 1.54) is 24.3 Å². The highest BCUT2D eigenvalue weighted by molar-refractivity contribution is 9.10. The number of benzene rings is 4. The van der Waals surface area contributed by atoms with Gasteiger partial charge in [-0.05, 0) is 58.2 Å². The first-order valence-corrected chi connectivity index (χ1v) is 11.6. The zero-order valence-electron chi connectivity index (χ0n) is 18.3. The van der Waals surface area contributed by atoms with E-state index in [1.54, 1.807) is 0 Å². The Balaban J connectivity index is 1.67. The Bertz CT molecular complexity index is 1550. The molecule has 0 bridgehead atoms. The van der Waals surface area contributed by atoms with E-state index in [0.29, 0.717) is 16.9 Å². The van der Waals surface area contributed by atoms with Crippen LogP contribution in [-0.4, -0.2) is 17.8 Å². The molecule has 5 nitrogen and oxygen atoms in total. The van der Waals surface area contributed by atoms with Crippen LogP contribution in [0.1, 0.15) is 16.7 Å². The number of barbiturate groups is 1. The fourth-order valence-electron chi connectivity index (χ4n) is 4.17. The van der Waals surface area contributed by atoms with Gasteiger partial charge in [0.1, 0.15) is 11.4 Å². The van der Waals surface area contributed by atoms with Crippen molar-refractivity contribution in [2.24, 2.45) is 0 Å².